The van der Waals surface area contributed by atoms with Gasteiger partial charge < -0.3 is 19.5 Å². The van der Waals surface area contributed by atoms with Gasteiger partial charge in [-0.25, -0.2) is 4.79 Å². The lowest BCUT2D eigenvalue weighted by atomic mass is 10.2. The molecule has 3 rings (SSSR count). The molecule has 0 aliphatic heterocycles. The fraction of sp³-hybridized carbons (Fsp3) is 0.158. The number of benzene rings is 2. The van der Waals surface area contributed by atoms with Crippen molar-refractivity contribution in [2.75, 3.05) is 26.1 Å². The van der Waals surface area contributed by atoms with Gasteiger partial charge in [0.25, 0.3) is 5.91 Å². The van der Waals surface area contributed by atoms with Crippen LogP contribution < -0.4 is 14.8 Å². The third-order valence-electron chi connectivity index (χ3n) is 3.71. The highest BCUT2D eigenvalue weighted by molar-refractivity contribution is 5.97. The van der Waals surface area contributed by atoms with E-state index in [-0.39, 0.29) is 0 Å². The standard InChI is InChI=1S/C19H17N3O5/c1-25-16-6-4-13(10-17(16)26-2)22-18(23)11-27-19(24)12-3-5-14-15(9-12)21-8-7-20-14/h3-10H,11H2,1-2H3,(H,22,23). The number of hydrogen-bond donors (Lipinski definition) is 1. The van der Waals surface area contributed by atoms with Crippen molar-refractivity contribution in [2.24, 2.45) is 0 Å². The van der Waals surface area contributed by atoms with Crippen LogP contribution in [0.2, 0.25) is 0 Å². The zero-order chi connectivity index (χ0) is 19.2. The Bertz CT molecular complexity index is 990. The van der Waals surface area contributed by atoms with E-state index in [9.17, 15) is 9.59 Å². The number of esters is 1. The molecule has 27 heavy (non-hydrogen) atoms. The number of ether oxygens (including phenoxy) is 3. The van der Waals surface area contributed by atoms with Gasteiger partial charge >= 0.3 is 5.97 Å². The van der Waals surface area contributed by atoms with Gasteiger partial charge in [-0.3, -0.25) is 14.8 Å². The molecule has 3 aromatic rings. The van der Waals surface area contributed by atoms with Crippen LogP contribution in [-0.4, -0.2) is 42.7 Å². The number of carbonyl (C=O) groups is 2. The van der Waals surface area contributed by atoms with Crippen LogP contribution in [0, 0.1) is 0 Å². The Balaban J connectivity index is 1.60. The summed E-state index contributed by atoms with van der Waals surface area (Å²) in [5.74, 6) is -0.0768. The number of nitrogens with zero attached hydrogens (tertiary/aromatic N) is 2. The Labute approximate surface area is 155 Å². The summed E-state index contributed by atoms with van der Waals surface area (Å²) in [6.45, 7) is -0.425. The molecule has 0 spiro atoms. The monoisotopic (exact) mass is 367 g/mol. The normalized spacial score (nSPS) is 10.3. The molecule has 0 saturated carbocycles. The second-order valence-electron chi connectivity index (χ2n) is 5.45. The van der Waals surface area contributed by atoms with E-state index in [2.05, 4.69) is 15.3 Å². The van der Waals surface area contributed by atoms with Crippen LogP contribution >= 0.6 is 0 Å². The van der Waals surface area contributed by atoms with Crippen LogP contribution in [0.3, 0.4) is 0 Å². The van der Waals surface area contributed by atoms with Crippen molar-refractivity contribution >= 4 is 28.6 Å². The molecule has 1 heterocycles. The molecule has 0 unspecified atom stereocenters. The fourth-order valence-electron chi connectivity index (χ4n) is 2.42. The largest absolute Gasteiger partial charge is 0.493 e. The quantitative estimate of drug-likeness (QED) is 0.668. The molecule has 0 atom stereocenters. The molecule has 8 nitrogen and oxygen atoms in total. The molecule has 138 valence electrons. The minimum atomic E-state index is -0.620. The van der Waals surface area contributed by atoms with Gasteiger partial charge in [0, 0.05) is 24.1 Å². The highest BCUT2D eigenvalue weighted by Gasteiger charge is 2.12. The minimum absolute atomic E-state index is 0.293. The smallest absolute Gasteiger partial charge is 0.338 e. The molecule has 1 amide bonds. The molecule has 0 saturated heterocycles. The predicted octanol–water partition coefficient (Wildman–Crippen LogP) is 2.44. The Morgan fingerprint density at radius 3 is 2.41 bits per heavy atom. The Hall–Kier alpha value is -3.68. The van der Waals surface area contributed by atoms with E-state index in [1.54, 1.807) is 42.6 Å². The molecule has 1 N–H and O–H groups in total. The van der Waals surface area contributed by atoms with Crippen molar-refractivity contribution in [3.05, 3.63) is 54.4 Å². The van der Waals surface area contributed by atoms with E-state index >= 15 is 0 Å². The van der Waals surface area contributed by atoms with Crippen LogP contribution in [0.1, 0.15) is 10.4 Å². The molecule has 0 bridgehead atoms. The zero-order valence-corrected chi connectivity index (χ0v) is 14.8. The summed E-state index contributed by atoms with van der Waals surface area (Å²) in [7, 11) is 3.02. The summed E-state index contributed by atoms with van der Waals surface area (Å²) in [6, 6.07) is 9.74. The average molecular weight is 367 g/mol. The van der Waals surface area contributed by atoms with Gasteiger partial charge in [-0.05, 0) is 30.3 Å². The molecular weight excluding hydrogens is 350 g/mol. The Kier molecular flexibility index (Phi) is 5.46. The second-order valence-corrected chi connectivity index (χ2v) is 5.45. The summed E-state index contributed by atoms with van der Waals surface area (Å²) >= 11 is 0. The number of methoxy groups -OCH3 is 2. The lowest BCUT2D eigenvalue weighted by Gasteiger charge is -2.11. The first-order valence-corrected chi connectivity index (χ1v) is 8.00. The van der Waals surface area contributed by atoms with Crippen LogP contribution in [0.5, 0.6) is 11.5 Å². The number of anilines is 1. The first-order chi connectivity index (χ1) is 13.1. The number of nitrogens with one attached hydrogen (secondary N) is 1. The number of hydrogen-bond acceptors (Lipinski definition) is 7. The zero-order valence-electron chi connectivity index (χ0n) is 14.8. The summed E-state index contributed by atoms with van der Waals surface area (Å²) < 4.78 is 15.4. The third-order valence-corrected chi connectivity index (χ3v) is 3.71. The maximum absolute atomic E-state index is 12.1. The average Bonchev–Trinajstić information content (AvgIpc) is 2.71. The van der Waals surface area contributed by atoms with Crippen molar-refractivity contribution in [2.45, 2.75) is 0 Å². The SMILES string of the molecule is COc1ccc(NC(=O)COC(=O)c2ccc3nccnc3c2)cc1OC. The van der Waals surface area contributed by atoms with E-state index in [1.165, 1.54) is 20.4 Å². The molecule has 0 aliphatic carbocycles. The van der Waals surface area contributed by atoms with E-state index in [1.807, 2.05) is 0 Å². The van der Waals surface area contributed by atoms with E-state index in [0.717, 1.165) is 0 Å². The van der Waals surface area contributed by atoms with Gasteiger partial charge in [0.15, 0.2) is 18.1 Å². The molecule has 2 aromatic carbocycles. The number of rotatable bonds is 6. The lowest BCUT2D eigenvalue weighted by molar-refractivity contribution is -0.119. The summed E-state index contributed by atoms with van der Waals surface area (Å²) in [4.78, 5) is 32.4. The van der Waals surface area contributed by atoms with E-state index in [4.69, 9.17) is 14.2 Å². The summed E-state index contributed by atoms with van der Waals surface area (Å²) in [5, 5.41) is 2.63. The van der Waals surface area contributed by atoms with E-state index < -0.39 is 18.5 Å². The number of aromatic nitrogens is 2. The van der Waals surface area contributed by atoms with Gasteiger partial charge in [0.05, 0.1) is 30.8 Å². The number of fused-ring (bicyclic) bond motifs is 1. The lowest BCUT2D eigenvalue weighted by Crippen LogP contribution is -2.21. The summed E-state index contributed by atoms with van der Waals surface area (Å²) in [5.41, 5.74) is 2.03. The first kappa shape index (κ1) is 18.1. The fourth-order valence-corrected chi connectivity index (χ4v) is 2.42. The van der Waals surface area contributed by atoms with Gasteiger partial charge in [-0.15, -0.1) is 0 Å². The summed E-state index contributed by atoms with van der Waals surface area (Å²) in [6.07, 6.45) is 3.10. The maximum atomic E-state index is 12.1. The molecule has 0 aliphatic rings. The molecule has 8 heteroatoms. The Morgan fingerprint density at radius 2 is 1.67 bits per heavy atom. The molecular formula is C19H17N3O5. The van der Waals surface area contributed by atoms with Gasteiger partial charge in [0.2, 0.25) is 0 Å². The van der Waals surface area contributed by atoms with Crippen molar-refractivity contribution in [3.8, 4) is 11.5 Å². The van der Waals surface area contributed by atoms with Crippen LogP contribution in [0.25, 0.3) is 11.0 Å². The molecule has 1 aromatic heterocycles. The maximum Gasteiger partial charge on any atom is 0.338 e. The van der Waals surface area contributed by atoms with Gasteiger partial charge in [-0.1, -0.05) is 0 Å². The van der Waals surface area contributed by atoms with Crippen molar-refractivity contribution < 1.29 is 23.8 Å². The predicted molar refractivity (Wildman–Crippen MR) is 98.0 cm³/mol. The van der Waals surface area contributed by atoms with Crippen LogP contribution in [0.4, 0.5) is 5.69 Å². The molecule has 0 fully saturated rings. The number of carbonyl (C=O) groups excluding carboxylic acids is 2. The van der Waals surface area contributed by atoms with Gasteiger partial charge in [0.1, 0.15) is 0 Å². The topological polar surface area (TPSA) is 99.6 Å². The molecule has 0 radical (unpaired) electrons. The second kappa shape index (κ2) is 8.13. The van der Waals surface area contributed by atoms with Crippen LogP contribution in [-0.2, 0) is 9.53 Å². The Morgan fingerprint density at radius 1 is 0.926 bits per heavy atom. The van der Waals surface area contributed by atoms with E-state index in [0.29, 0.717) is 33.8 Å². The van der Waals surface area contributed by atoms with Crippen LogP contribution in [0.15, 0.2) is 48.8 Å². The highest BCUT2D eigenvalue weighted by Crippen LogP contribution is 2.29. The van der Waals surface area contributed by atoms with Crippen molar-refractivity contribution in [1.82, 2.24) is 9.97 Å². The van der Waals surface area contributed by atoms with Crippen molar-refractivity contribution in [1.29, 1.82) is 0 Å². The minimum Gasteiger partial charge on any atom is -0.493 e. The highest BCUT2D eigenvalue weighted by atomic mass is 16.5. The third kappa shape index (κ3) is 4.30. The van der Waals surface area contributed by atoms with Gasteiger partial charge in [-0.2, -0.15) is 0 Å². The first-order valence-electron chi connectivity index (χ1n) is 8.00. The van der Waals surface area contributed by atoms with Crippen molar-refractivity contribution in [3.63, 3.8) is 0 Å². The number of amides is 1.